The molecule has 1 unspecified atom stereocenters. The lowest BCUT2D eigenvalue weighted by Gasteiger charge is -2.16. The first-order valence-corrected chi connectivity index (χ1v) is 8.76. The summed E-state index contributed by atoms with van der Waals surface area (Å²) in [6, 6.07) is 18.1. The maximum absolute atomic E-state index is 11.8. The predicted octanol–water partition coefficient (Wildman–Crippen LogP) is 4.81. The predicted molar refractivity (Wildman–Crippen MR) is 91.2 cm³/mol. The van der Waals surface area contributed by atoms with E-state index in [0.29, 0.717) is 6.42 Å². The lowest BCUT2D eigenvalue weighted by molar-refractivity contribution is -0.110. The first-order chi connectivity index (χ1) is 10.2. The molecule has 21 heavy (non-hydrogen) atoms. The van der Waals surface area contributed by atoms with Crippen molar-refractivity contribution in [3.63, 3.8) is 0 Å². The third-order valence-corrected chi connectivity index (χ3v) is 4.98. The number of hydrogen-bond donors (Lipinski definition) is 0. The molecular weight excluding hydrogens is 300 g/mol. The molecule has 0 aliphatic carbocycles. The topological polar surface area (TPSA) is 26.3 Å². The lowest BCUT2D eigenvalue weighted by Crippen LogP contribution is -2.01. The molecular formula is C17H18O2S2. The molecule has 0 spiro atoms. The molecule has 2 nitrogen and oxygen atoms in total. The summed E-state index contributed by atoms with van der Waals surface area (Å²) in [7, 11) is 1.66. The number of thioether (sulfide) groups is 2. The molecule has 2 aromatic rings. The van der Waals surface area contributed by atoms with E-state index in [1.807, 2.05) is 48.7 Å². The monoisotopic (exact) mass is 318 g/mol. The zero-order chi connectivity index (χ0) is 15.1. The summed E-state index contributed by atoms with van der Waals surface area (Å²) in [6.07, 6.45) is 2.37. The van der Waals surface area contributed by atoms with Crippen LogP contribution >= 0.6 is 23.5 Å². The van der Waals surface area contributed by atoms with Crippen LogP contribution in [0.5, 0.6) is 5.75 Å². The van der Waals surface area contributed by atoms with Crippen molar-refractivity contribution in [3.05, 3.63) is 60.2 Å². The molecule has 0 aromatic heterocycles. The van der Waals surface area contributed by atoms with Crippen molar-refractivity contribution in [1.29, 1.82) is 0 Å². The quantitative estimate of drug-likeness (QED) is 0.714. The smallest absolute Gasteiger partial charge is 0.190 e. The summed E-state index contributed by atoms with van der Waals surface area (Å²) >= 11 is 3.01. The number of carbonyl (C=O) groups is 1. The molecule has 110 valence electrons. The Bertz CT molecular complexity index is 567. The van der Waals surface area contributed by atoms with Gasteiger partial charge >= 0.3 is 0 Å². The van der Waals surface area contributed by atoms with Gasteiger partial charge in [-0.2, -0.15) is 0 Å². The van der Waals surface area contributed by atoms with E-state index in [2.05, 4.69) is 12.1 Å². The van der Waals surface area contributed by atoms with Crippen LogP contribution in [-0.2, 0) is 4.79 Å². The summed E-state index contributed by atoms with van der Waals surface area (Å²) in [6.45, 7) is 0. The Balaban J connectivity index is 2.16. The third-order valence-electron chi connectivity index (χ3n) is 3.09. The van der Waals surface area contributed by atoms with Crippen LogP contribution in [0.3, 0.4) is 0 Å². The van der Waals surface area contributed by atoms with Crippen LogP contribution in [0.25, 0.3) is 0 Å². The normalized spacial score (nSPS) is 11.9. The van der Waals surface area contributed by atoms with Gasteiger partial charge in [0.15, 0.2) is 5.12 Å². The van der Waals surface area contributed by atoms with Crippen LogP contribution in [0.2, 0.25) is 0 Å². The van der Waals surface area contributed by atoms with Gasteiger partial charge in [0.1, 0.15) is 5.75 Å². The molecule has 0 aliphatic rings. The average molecular weight is 318 g/mol. The maximum Gasteiger partial charge on any atom is 0.190 e. The first kappa shape index (κ1) is 16.0. The van der Waals surface area contributed by atoms with Crippen LogP contribution in [-0.4, -0.2) is 18.5 Å². The minimum Gasteiger partial charge on any atom is -0.497 e. The second kappa shape index (κ2) is 8.15. The molecule has 2 aromatic carbocycles. The molecule has 0 aliphatic heterocycles. The second-order valence-electron chi connectivity index (χ2n) is 4.47. The molecule has 0 fully saturated rings. The molecule has 0 bridgehead atoms. The minimum absolute atomic E-state index is 0.138. The van der Waals surface area contributed by atoms with Crippen molar-refractivity contribution in [2.75, 3.05) is 13.4 Å². The van der Waals surface area contributed by atoms with E-state index >= 15 is 0 Å². The fraction of sp³-hybridized carbons (Fsp3) is 0.235. The van der Waals surface area contributed by atoms with Gasteiger partial charge in [-0.15, -0.1) is 11.8 Å². The summed E-state index contributed by atoms with van der Waals surface area (Å²) in [5, 5.41) is 0.351. The molecule has 1 atom stereocenters. The van der Waals surface area contributed by atoms with Gasteiger partial charge in [0.05, 0.1) is 7.11 Å². The summed E-state index contributed by atoms with van der Waals surface area (Å²) in [5.41, 5.74) is 1.18. The van der Waals surface area contributed by atoms with Crippen molar-refractivity contribution in [2.24, 2.45) is 0 Å². The van der Waals surface area contributed by atoms with E-state index in [1.54, 1.807) is 18.9 Å². The zero-order valence-corrected chi connectivity index (χ0v) is 13.7. The summed E-state index contributed by atoms with van der Waals surface area (Å²) in [5.74, 6) is 0.843. The van der Waals surface area contributed by atoms with Crippen molar-refractivity contribution in [3.8, 4) is 5.75 Å². The number of benzene rings is 2. The van der Waals surface area contributed by atoms with Gasteiger partial charge in [-0.25, -0.2) is 0 Å². The van der Waals surface area contributed by atoms with Gasteiger partial charge in [0, 0.05) is 16.6 Å². The fourth-order valence-corrected chi connectivity index (χ4v) is 3.54. The standard InChI is InChI=1S/C17H18O2S2/c1-19-14-8-10-15(11-9-14)21-16(12-17(18)20-2)13-6-4-3-5-7-13/h3-11,16H,12H2,1-2H3. The van der Waals surface area contributed by atoms with E-state index in [1.165, 1.54) is 17.3 Å². The second-order valence-corrected chi connectivity index (χ2v) is 6.61. The van der Waals surface area contributed by atoms with E-state index in [4.69, 9.17) is 4.74 Å². The van der Waals surface area contributed by atoms with Gasteiger partial charge in [0.2, 0.25) is 0 Å². The molecule has 2 rings (SSSR count). The highest BCUT2D eigenvalue weighted by Gasteiger charge is 2.17. The van der Waals surface area contributed by atoms with Gasteiger partial charge in [-0.3, -0.25) is 4.79 Å². The van der Waals surface area contributed by atoms with Gasteiger partial charge < -0.3 is 4.74 Å². The van der Waals surface area contributed by atoms with Crippen LogP contribution in [0, 0.1) is 0 Å². The third kappa shape index (κ3) is 4.83. The Hall–Kier alpha value is -1.39. The molecule has 0 heterocycles. The highest BCUT2D eigenvalue weighted by Crippen LogP contribution is 2.39. The van der Waals surface area contributed by atoms with Crippen molar-refractivity contribution in [1.82, 2.24) is 0 Å². The van der Waals surface area contributed by atoms with Gasteiger partial charge in [-0.05, 0) is 36.1 Å². The number of carbonyl (C=O) groups excluding carboxylic acids is 1. The van der Waals surface area contributed by atoms with Crippen LogP contribution in [0.1, 0.15) is 17.2 Å². The van der Waals surface area contributed by atoms with Crippen LogP contribution < -0.4 is 4.74 Å². The summed E-state index contributed by atoms with van der Waals surface area (Å²) in [4.78, 5) is 13.0. The average Bonchev–Trinajstić information content (AvgIpc) is 2.55. The van der Waals surface area contributed by atoms with E-state index in [-0.39, 0.29) is 10.4 Å². The Morgan fingerprint density at radius 1 is 1.10 bits per heavy atom. The van der Waals surface area contributed by atoms with Crippen LogP contribution in [0.4, 0.5) is 0 Å². The Kier molecular flexibility index (Phi) is 6.21. The largest absolute Gasteiger partial charge is 0.497 e. The zero-order valence-electron chi connectivity index (χ0n) is 12.1. The van der Waals surface area contributed by atoms with Crippen molar-refractivity contribution < 1.29 is 9.53 Å². The van der Waals surface area contributed by atoms with Crippen LogP contribution in [0.15, 0.2) is 59.5 Å². The number of rotatable bonds is 6. The highest BCUT2D eigenvalue weighted by molar-refractivity contribution is 8.13. The first-order valence-electron chi connectivity index (χ1n) is 6.65. The van der Waals surface area contributed by atoms with Crippen molar-refractivity contribution in [2.45, 2.75) is 16.6 Å². The molecule has 0 amide bonds. The van der Waals surface area contributed by atoms with E-state index in [0.717, 1.165) is 10.6 Å². The molecule has 0 N–H and O–H groups in total. The van der Waals surface area contributed by atoms with E-state index < -0.39 is 0 Å². The highest BCUT2D eigenvalue weighted by atomic mass is 32.2. The molecule has 0 radical (unpaired) electrons. The lowest BCUT2D eigenvalue weighted by atomic mass is 10.1. The Morgan fingerprint density at radius 2 is 1.76 bits per heavy atom. The fourth-order valence-electron chi connectivity index (χ4n) is 1.95. The Labute approximate surface area is 134 Å². The van der Waals surface area contributed by atoms with Gasteiger partial charge in [-0.1, -0.05) is 42.1 Å². The summed E-state index contributed by atoms with van der Waals surface area (Å²) < 4.78 is 5.17. The number of methoxy groups -OCH3 is 1. The SMILES string of the molecule is COc1ccc(SC(CC(=O)SC)c2ccccc2)cc1. The number of ether oxygens (including phenoxy) is 1. The molecule has 0 saturated heterocycles. The van der Waals surface area contributed by atoms with Crippen molar-refractivity contribution >= 4 is 28.6 Å². The molecule has 4 heteroatoms. The number of hydrogen-bond acceptors (Lipinski definition) is 4. The Morgan fingerprint density at radius 3 is 2.33 bits per heavy atom. The maximum atomic E-state index is 11.8. The van der Waals surface area contributed by atoms with E-state index in [9.17, 15) is 4.79 Å². The molecule has 0 saturated carbocycles. The van der Waals surface area contributed by atoms with Gasteiger partial charge in [0.25, 0.3) is 0 Å². The minimum atomic E-state index is 0.138.